The second-order valence-electron chi connectivity index (χ2n) is 8.06. The molecule has 0 aromatic carbocycles. The monoisotopic (exact) mass is 371 g/mol. The molecule has 0 atom stereocenters. The van der Waals surface area contributed by atoms with Gasteiger partial charge in [-0.05, 0) is 63.9 Å². The van der Waals surface area contributed by atoms with E-state index in [0.717, 1.165) is 69.4 Å². The summed E-state index contributed by atoms with van der Waals surface area (Å²) in [7, 11) is 0. The fourth-order valence-corrected chi connectivity index (χ4v) is 4.02. The standard InChI is InChI=1S/C21H33N5O/c1-14(16-7-8-16)13-24-19-6-4-3-5-18(19)20(22)21(23)26-11-9-17(10-12-26)25-15(2)27/h17,23H,3-13,22H2,1-2H3,(H,25,27)/b20-18-,23-21?,24-19?. The van der Waals surface area contributed by atoms with Crippen LogP contribution in [0.1, 0.15) is 65.2 Å². The van der Waals surface area contributed by atoms with Crippen molar-refractivity contribution in [2.45, 2.75) is 71.3 Å². The number of nitrogens with one attached hydrogen (secondary N) is 2. The van der Waals surface area contributed by atoms with Gasteiger partial charge in [0.05, 0.1) is 12.2 Å². The molecule has 27 heavy (non-hydrogen) atoms. The summed E-state index contributed by atoms with van der Waals surface area (Å²) in [4.78, 5) is 18.1. The van der Waals surface area contributed by atoms with Crippen molar-refractivity contribution in [1.29, 1.82) is 5.41 Å². The number of carbonyl (C=O) groups excluding carboxylic acids is 1. The van der Waals surface area contributed by atoms with E-state index in [1.54, 1.807) is 12.5 Å². The minimum Gasteiger partial charge on any atom is -0.395 e. The molecule has 0 aromatic heterocycles. The van der Waals surface area contributed by atoms with Crippen molar-refractivity contribution in [2.75, 3.05) is 19.6 Å². The molecule has 1 heterocycles. The molecule has 0 aromatic rings. The van der Waals surface area contributed by atoms with Crippen LogP contribution in [0.2, 0.25) is 0 Å². The van der Waals surface area contributed by atoms with Crippen LogP contribution < -0.4 is 11.1 Å². The first kappa shape index (κ1) is 19.6. The molecule has 0 unspecified atom stereocenters. The average Bonchev–Trinajstić information content (AvgIpc) is 3.50. The van der Waals surface area contributed by atoms with Crippen molar-refractivity contribution in [3.8, 4) is 0 Å². The van der Waals surface area contributed by atoms with Gasteiger partial charge in [-0.1, -0.05) is 11.1 Å². The van der Waals surface area contributed by atoms with Crippen LogP contribution in [0.3, 0.4) is 0 Å². The highest BCUT2D eigenvalue weighted by atomic mass is 16.1. The Kier molecular flexibility index (Phi) is 6.34. The van der Waals surface area contributed by atoms with Crippen LogP contribution in [0.4, 0.5) is 0 Å². The van der Waals surface area contributed by atoms with Gasteiger partial charge in [-0.15, -0.1) is 0 Å². The fraction of sp³-hybridized carbons (Fsp3) is 0.667. The summed E-state index contributed by atoms with van der Waals surface area (Å²) < 4.78 is 0. The van der Waals surface area contributed by atoms with E-state index in [2.05, 4.69) is 12.2 Å². The lowest BCUT2D eigenvalue weighted by Gasteiger charge is -2.34. The van der Waals surface area contributed by atoms with Crippen LogP contribution >= 0.6 is 0 Å². The number of aliphatic imine (C=N–C) groups is 1. The second kappa shape index (κ2) is 8.72. The van der Waals surface area contributed by atoms with Gasteiger partial charge in [0.25, 0.3) is 0 Å². The molecule has 2 saturated carbocycles. The summed E-state index contributed by atoms with van der Waals surface area (Å²) in [6.07, 6.45) is 8.35. The van der Waals surface area contributed by atoms with Crippen LogP contribution in [0.5, 0.6) is 0 Å². The molecule has 6 heteroatoms. The quantitative estimate of drug-likeness (QED) is 0.403. The zero-order valence-electron chi connectivity index (χ0n) is 16.7. The SMILES string of the molecule is CC(=O)NC1CCN(C(=N)/C(N)=C2\CCCCC2=NCC(C)=C2CC2)CC1. The molecule has 3 fully saturated rings. The second-order valence-corrected chi connectivity index (χ2v) is 8.06. The molecular weight excluding hydrogens is 338 g/mol. The number of rotatable bonds is 4. The van der Waals surface area contributed by atoms with Gasteiger partial charge in [-0.25, -0.2) is 0 Å². The maximum absolute atomic E-state index is 11.2. The molecule has 3 aliphatic rings. The zero-order chi connectivity index (χ0) is 19.4. The first-order chi connectivity index (χ1) is 13.0. The predicted molar refractivity (Wildman–Crippen MR) is 110 cm³/mol. The summed E-state index contributed by atoms with van der Waals surface area (Å²) in [5, 5.41) is 11.6. The molecule has 0 radical (unpaired) electrons. The summed E-state index contributed by atoms with van der Waals surface area (Å²) in [6, 6.07) is 0.214. The van der Waals surface area contributed by atoms with E-state index in [0.29, 0.717) is 11.5 Å². The van der Waals surface area contributed by atoms with E-state index < -0.39 is 0 Å². The van der Waals surface area contributed by atoms with Gasteiger partial charge in [0.15, 0.2) is 0 Å². The van der Waals surface area contributed by atoms with Crippen molar-refractivity contribution in [1.82, 2.24) is 10.2 Å². The molecule has 4 N–H and O–H groups in total. The van der Waals surface area contributed by atoms with Gasteiger partial charge in [0, 0.05) is 31.8 Å². The lowest BCUT2D eigenvalue weighted by Crippen LogP contribution is -2.47. The number of hydrogen-bond acceptors (Lipinski definition) is 4. The Balaban J connectivity index is 1.67. The van der Waals surface area contributed by atoms with E-state index in [9.17, 15) is 4.79 Å². The van der Waals surface area contributed by atoms with Crippen LogP contribution in [0.15, 0.2) is 27.4 Å². The number of amides is 1. The molecule has 6 nitrogen and oxygen atoms in total. The van der Waals surface area contributed by atoms with Crippen LogP contribution in [0, 0.1) is 5.41 Å². The number of amidine groups is 1. The maximum atomic E-state index is 11.2. The summed E-state index contributed by atoms with van der Waals surface area (Å²) in [5.74, 6) is 0.447. The molecule has 0 spiro atoms. The van der Waals surface area contributed by atoms with Crippen LogP contribution in [0.25, 0.3) is 0 Å². The van der Waals surface area contributed by atoms with Gasteiger partial charge in [0.1, 0.15) is 5.84 Å². The number of nitrogens with zero attached hydrogens (tertiary/aromatic N) is 2. The third kappa shape index (κ3) is 5.21. The van der Waals surface area contributed by atoms with Crippen LogP contribution in [-0.2, 0) is 4.79 Å². The molecule has 1 saturated heterocycles. The van der Waals surface area contributed by atoms with Gasteiger partial charge in [0.2, 0.25) is 5.91 Å². The highest BCUT2D eigenvalue weighted by Gasteiger charge is 2.25. The van der Waals surface area contributed by atoms with Crippen molar-refractivity contribution in [3.05, 3.63) is 22.4 Å². The third-order valence-corrected chi connectivity index (χ3v) is 5.85. The predicted octanol–water partition coefficient (Wildman–Crippen LogP) is 2.90. The number of carbonyl (C=O) groups is 1. The Morgan fingerprint density at radius 2 is 1.85 bits per heavy atom. The Hall–Kier alpha value is -2.11. The molecule has 2 aliphatic carbocycles. The van der Waals surface area contributed by atoms with E-state index in [1.807, 2.05) is 4.90 Å². The number of likely N-dealkylation sites (tertiary alicyclic amines) is 1. The Morgan fingerprint density at radius 3 is 2.48 bits per heavy atom. The normalized spacial score (nSPS) is 24.0. The van der Waals surface area contributed by atoms with Crippen molar-refractivity contribution < 1.29 is 4.79 Å². The van der Waals surface area contributed by atoms with E-state index in [-0.39, 0.29) is 11.9 Å². The van der Waals surface area contributed by atoms with Crippen molar-refractivity contribution >= 4 is 17.5 Å². The van der Waals surface area contributed by atoms with Gasteiger partial charge in [-0.3, -0.25) is 15.2 Å². The topological polar surface area (TPSA) is 94.6 Å². The van der Waals surface area contributed by atoms with E-state index in [4.69, 9.17) is 16.1 Å². The molecule has 148 valence electrons. The molecular formula is C21H33N5O. The first-order valence-corrected chi connectivity index (χ1v) is 10.3. The molecule has 3 rings (SSSR count). The van der Waals surface area contributed by atoms with Crippen molar-refractivity contribution in [3.63, 3.8) is 0 Å². The van der Waals surface area contributed by atoms with E-state index in [1.165, 1.54) is 18.4 Å². The number of nitrogens with two attached hydrogens (primary N) is 1. The lowest BCUT2D eigenvalue weighted by molar-refractivity contribution is -0.119. The minimum absolute atomic E-state index is 0.0182. The van der Waals surface area contributed by atoms with Crippen molar-refractivity contribution in [2.24, 2.45) is 10.7 Å². The fourth-order valence-electron chi connectivity index (χ4n) is 4.02. The maximum Gasteiger partial charge on any atom is 0.217 e. The highest BCUT2D eigenvalue weighted by molar-refractivity contribution is 6.08. The Morgan fingerprint density at radius 1 is 1.19 bits per heavy atom. The van der Waals surface area contributed by atoms with Gasteiger partial charge in [-0.2, -0.15) is 0 Å². The highest BCUT2D eigenvalue weighted by Crippen LogP contribution is 2.32. The number of allylic oxidation sites excluding steroid dienone is 2. The first-order valence-electron chi connectivity index (χ1n) is 10.3. The third-order valence-electron chi connectivity index (χ3n) is 5.85. The smallest absolute Gasteiger partial charge is 0.217 e. The van der Waals surface area contributed by atoms with Gasteiger partial charge < -0.3 is 16.0 Å². The largest absolute Gasteiger partial charge is 0.395 e. The molecule has 0 bridgehead atoms. The number of piperidine rings is 1. The summed E-state index contributed by atoms with van der Waals surface area (Å²) >= 11 is 0. The minimum atomic E-state index is 0.0182. The van der Waals surface area contributed by atoms with Crippen LogP contribution in [-0.4, -0.2) is 48.0 Å². The lowest BCUT2D eigenvalue weighted by atomic mass is 9.90. The summed E-state index contributed by atoms with van der Waals surface area (Å²) in [6.45, 7) is 6.03. The molecule has 1 aliphatic heterocycles. The zero-order valence-corrected chi connectivity index (χ0v) is 16.7. The molecule has 1 amide bonds. The average molecular weight is 372 g/mol. The van der Waals surface area contributed by atoms with Gasteiger partial charge >= 0.3 is 0 Å². The number of hydrogen-bond donors (Lipinski definition) is 3. The Labute approximate surface area is 162 Å². The summed E-state index contributed by atoms with van der Waals surface area (Å²) in [5.41, 5.74) is 12.2. The Bertz CT molecular complexity index is 689. The van der Waals surface area contributed by atoms with E-state index >= 15 is 0 Å².